The third-order valence-electron chi connectivity index (χ3n) is 12.0. The van der Waals surface area contributed by atoms with Crippen molar-refractivity contribution in [2.45, 2.75) is 238 Å². The Morgan fingerprint density at radius 3 is 1.35 bits per heavy atom. The number of quaternary nitrogens is 1. The molecule has 8 nitrogen and oxygen atoms in total. The minimum atomic E-state index is -4.60. The van der Waals surface area contributed by atoms with Gasteiger partial charge in [0.15, 0.2) is 0 Å². The summed E-state index contributed by atoms with van der Waals surface area (Å²) in [6.07, 6.45) is 72.2. The van der Waals surface area contributed by atoms with Gasteiger partial charge in [-0.15, -0.1) is 0 Å². The lowest BCUT2D eigenvalue weighted by atomic mass is 10.0. The molecule has 0 aromatic rings. The molecule has 0 fully saturated rings. The van der Waals surface area contributed by atoms with Crippen LogP contribution in [0.25, 0.3) is 0 Å². The zero-order valence-corrected chi connectivity index (χ0v) is 46.1. The van der Waals surface area contributed by atoms with Gasteiger partial charge in [-0.05, 0) is 83.5 Å². The highest BCUT2D eigenvalue weighted by molar-refractivity contribution is 7.45. The smallest absolute Gasteiger partial charge is 0.268 e. The highest BCUT2D eigenvalue weighted by atomic mass is 31.2. The van der Waals surface area contributed by atoms with Crippen LogP contribution in [0.15, 0.2) is 97.2 Å². The van der Waals surface area contributed by atoms with Crippen molar-refractivity contribution in [3.8, 4) is 0 Å². The molecule has 69 heavy (non-hydrogen) atoms. The predicted octanol–water partition coefficient (Wildman–Crippen LogP) is 16.4. The van der Waals surface area contributed by atoms with Gasteiger partial charge < -0.3 is 28.8 Å². The topological polar surface area (TPSA) is 108 Å². The Morgan fingerprint density at radius 2 is 0.899 bits per heavy atom. The zero-order chi connectivity index (χ0) is 50.6. The number of carbonyl (C=O) groups is 1. The Balaban J connectivity index is 3.95. The van der Waals surface area contributed by atoms with Crippen LogP contribution in [0.4, 0.5) is 0 Å². The summed E-state index contributed by atoms with van der Waals surface area (Å²) in [6, 6.07) is -0.905. The summed E-state index contributed by atoms with van der Waals surface area (Å²) in [6.45, 7) is 4.46. The van der Waals surface area contributed by atoms with Crippen LogP contribution >= 0.6 is 7.82 Å². The number of amides is 1. The minimum Gasteiger partial charge on any atom is -0.756 e. The number of hydrogen-bond acceptors (Lipinski definition) is 6. The van der Waals surface area contributed by atoms with E-state index in [1.54, 1.807) is 6.08 Å². The molecule has 398 valence electrons. The number of aliphatic hydroxyl groups excluding tert-OH is 1. The molecule has 0 bridgehead atoms. The summed E-state index contributed by atoms with van der Waals surface area (Å²) in [5, 5.41) is 13.8. The fourth-order valence-corrected chi connectivity index (χ4v) is 8.37. The van der Waals surface area contributed by atoms with Gasteiger partial charge in [0.05, 0.1) is 39.9 Å². The minimum absolute atomic E-state index is 0.00896. The van der Waals surface area contributed by atoms with E-state index in [0.717, 1.165) is 77.0 Å². The molecule has 0 saturated carbocycles. The number of phosphoric ester groups is 1. The van der Waals surface area contributed by atoms with Crippen molar-refractivity contribution in [1.82, 2.24) is 5.32 Å². The molecule has 2 N–H and O–H groups in total. The first kappa shape index (κ1) is 66.4. The SMILES string of the molecule is CC/C=C\C/C=C\C/C=C\C/C=C\C/C=C\C/C=C\CCCCCCCCCCCCCCCCCCCCC(=O)NC(COP(=O)([O-])OCC[N+](C)(C)C)C(O)/C=C/CC/C=C/CCCCCC. The molecule has 3 atom stereocenters. The third kappa shape index (κ3) is 53.1. The van der Waals surface area contributed by atoms with Gasteiger partial charge in [0.2, 0.25) is 5.91 Å². The largest absolute Gasteiger partial charge is 0.756 e. The molecule has 0 aromatic heterocycles. The molecule has 0 aliphatic rings. The van der Waals surface area contributed by atoms with Crippen molar-refractivity contribution in [2.75, 3.05) is 40.9 Å². The lowest BCUT2D eigenvalue weighted by Crippen LogP contribution is -2.45. The lowest BCUT2D eigenvalue weighted by Gasteiger charge is -2.29. The highest BCUT2D eigenvalue weighted by Crippen LogP contribution is 2.38. The van der Waals surface area contributed by atoms with Crippen molar-refractivity contribution in [3.05, 3.63) is 97.2 Å². The van der Waals surface area contributed by atoms with Crippen molar-refractivity contribution in [1.29, 1.82) is 0 Å². The fourth-order valence-electron chi connectivity index (χ4n) is 7.64. The highest BCUT2D eigenvalue weighted by Gasteiger charge is 2.23. The molecule has 0 rings (SSSR count). The second-order valence-corrected chi connectivity index (χ2v) is 21.3. The number of unbranched alkanes of at least 4 members (excludes halogenated alkanes) is 23. The Hall–Kier alpha value is -2.58. The Kier molecular flexibility index (Phi) is 48.5. The molecule has 0 aliphatic carbocycles. The van der Waals surface area contributed by atoms with Gasteiger partial charge in [-0.2, -0.15) is 0 Å². The summed E-state index contributed by atoms with van der Waals surface area (Å²) < 4.78 is 23.2. The number of rotatable bonds is 50. The molecule has 1 amide bonds. The van der Waals surface area contributed by atoms with E-state index in [-0.39, 0.29) is 12.5 Å². The van der Waals surface area contributed by atoms with Crippen LogP contribution in [0.5, 0.6) is 0 Å². The van der Waals surface area contributed by atoms with Gasteiger partial charge in [0, 0.05) is 6.42 Å². The molecule has 9 heteroatoms. The van der Waals surface area contributed by atoms with Gasteiger partial charge in [0.1, 0.15) is 13.2 Å². The molecule has 0 saturated heterocycles. The molecule has 0 aromatic carbocycles. The van der Waals surface area contributed by atoms with Gasteiger partial charge in [-0.1, -0.05) is 233 Å². The van der Waals surface area contributed by atoms with Gasteiger partial charge >= 0.3 is 0 Å². The van der Waals surface area contributed by atoms with Crippen molar-refractivity contribution in [2.24, 2.45) is 0 Å². The molecule has 0 radical (unpaired) electrons. The summed E-state index contributed by atoms with van der Waals surface area (Å²) >= 11 is 0. The fraction of sp³-hybridized carbons (Fsp3) is 0.717. The number of aliphatic hydroxyl groups is 1. The molecular formula is C60H107N2O6P. The lowest BCUT2D eigenvalue weighted by molar-refractivity contribution is -0.870. The van der Waals surface area contributed by atoms with Crippen LogP contribution in [-0.4, -0.2) is 68.5 Å². The number of nitrogens with one attached hydrogen (secondary N) is 1. The first-order valence-electron chi connectivity index (χ1n) is 28.1. The average molecular weight is 983 g/mol. The number of hydrogen-bond donors (Lipinski definition) is 2. The molecular weight excluding hydrogens is 876 g/mol. The van der Waals surface area contributed by atoms with Crippen LogP contribution in [0.2, 0.25) is 0 Å². The van der Waals surface area contributed by atoms with E-state index in [1.807, 2.05) is 27.2 Å². The monoisotopic (exact) mass is 983 g/mol. The van der Waals surface area contributed by atoms with Crippen LogP contribution in [0.3, 0.4) is 0 Å². The van der Waals surface area contributed by atoms with E-state index in [4.69, 9.17) is 9.05 Å². The molecule has 3 unspecified atom stereocenters. The number of carbonyl (C=O) groups excluding carboxylic acids is 1. The van der Waals surface area contributed by atoms with Crippen molar-refractivity contribution < 1.29 is 32.9 Å². The number of allylic oxidation sites excluding steroid dienone is 15. The van der Waals surface area contributed by atoms with Crippen LogP contribution in [0.1, 0.15) is 226 Å². The summed E-state index contributed by atoms with van der Waals surface area (Å²) in [4.78, 5) is 25.4. The summed E-state index contributed by atoms with van der Waals surface area (Å²) in [7, 11) is 1.24. The van der Waals surface area contributed by atoms with E-state index in [2.05, 4.69) is 104 Å². The molecule has 0 aliphatic heterocycles. The first-order valence-corrected chi connectivity index (χ1v) is 29.6. The standard InChI is InChI=1S/C60H107N2O6P/c1-6-8-10-12-14-16-18-19-20-21-22-23-24-25-26-27-28-29-30-31-32-33-34-35-36-37-38-39-40-41-42-43-44-46-48-50-52-54-60(64)61-58(57-68-69(65,66)67-56-55-62(3,4)5)59(63)53-51-49-47-45-17-15-13-11-9-7-2/h8,10,14,16-17,19-20,22-23,25-26,28-29,45,51,53,58-59,63H,6-7,9,11-13,15,18,21,24,27,30-44,46-50,52,54-57H2,1-5H3,(H-,61,64,65,66)/b10-8-,16-14-,20-19-,23-22-,26-25-,29-28-,45-17+,53-51+. The van der Waals surface area contributed by atoms with Crippen molar-refractivity contribution in [3.63, 3.8) is 0 Å². The molecule has 0 spiro atoms. The van der Waals surface area contributed by atoms with Crippen LogP contribution < -0.4 is 10.2 Å². The maximum atomic E-state index is 12.9. The maximum Gasteiger partial charge on any atom is 0.268 e. The van der Waals surface area contributed by atoms with Gasteiger partial charge in [-0.25, -0.2) is 0 Å². The summed E-state index contributed by atoms with van der Waals surface area (Å²) in [5.41, 5.74) is 0. The van der Waals surface area contributed by atoms with Crippen LogP contribution in [-0.2, 0) is 18.4 Å². The first-order chi connectivity index (χ1) is 33.5. The maximum absolute atomic E-state index is 12.9. The average Bonchev–Trinajstić information content (AvgIpc) is 3.31. The summed E-state index contributed by atoms with van der Waals surface area (Å²) in [5.74, 6) is -0.211. The van der Waals surface area contributed by atoms with Gasteiger partial charge in [0.25, 0.3) is 7.82 Å². The van der Waals surface area contributed by atoms with E-state index >= 15 is 0 Å². The van der Waals surface area contributed by atoms with Crippen molar-refractivity contribution >= 4 is 13.7 Å². The second kappa shape index (κ2) is 50.4. The normalized spacial score (nSPS) is 14.7. The Bertz CT molecular complexity index is 1440. The van der Waals surface area contributed by atoms with E-state index in [0.29, 0.717) is 17.4 Å². The predicted molar refractivity (Wildman–Crippen MR) is 297 cm³/mol. The quantitative estimate of drug-likeness (QED) is 0.0272. The third-order valence-corrected chi connectivity index (χ3v) is 13.0. The zero-order valence-electron chi connectivity index (χ0n) is 45.2. The second-order valence-electron chi connectivity index (χ2n) is 19.9. The van der Waals surface area contributed by atoms with E-state index in [9.17, 15) is 19.4 Å². The van der Waals surface area contributed by atoms with E-state index < -0.39 is 26.6 Å². The number of phosphoric acid groups is 1. The molecule has 0 heterocycles. The number of nitrogens with zero attached hydrogens (tertiary/aromatic N) is 1. The van der Waals surface area contributed by atoms with Gasteiger partial charge in [-0.3, -0.25) is 9.36 Å². The Labute approximate surface area is 426 Å². The Morgan fingerprint density at radius 1 is 0.522 bits per heavy atom. The number of likely N-dealkylation sites (N-methyl/N-ethyl adjacent to an activating group) is 1. The van der Waals surface area contributed by atoms with E-state index in [1.165, 1.54) is 128 Å². The van der Waals surface area contributed by atoms with Crippen LogP contribution in [0, 0.1) is 0 Å².